The first-order valence-electron chi connectivity index (χ1n) is 20.6. The fraction of sp³-hybridized carbons (Fsp3) is 0.854. The first kappa shape index (κ1) is 48.1. The van der Waals surface area contributed by atoms with Gasteiger partial charge in [0.1, 0.15) is 48.5 Å². The van der Waals surface area contributed by atoms with Gasteiger partial charge in [0.15, 0.2) is 18.7 Å². The van der Waals surface area contributed by atoms with Crippen molar-refractivity contribution in [3.8, 4) is 0 Å². The Kier molecular flexibility index (Phi) is 17.6. The van der Waals surface area contributed by atoms with Gasteiger partial charge in [-0.3, -0.25) is 14.4 Å². The summed E-state index contributed by atoms with van der Waals surface area (Å²) >= 11 is 0. The van der Waals surface area contributed by atoms with E-state index in [1.54, 1.807) is 72.7 Å². The standard InChI is InChI=1S/C41H67NO16/c1-11-30(45)55-29-19-32(47)51-22(4)18-28-27(54-28)14-13-26(44)21(3)17-25(15-16-43)37(38(29)50-10)58-40-35(48)34(42(8)9)36(23(5)53-40)57-33-20-41(7,49)39(24(6)52-33)56-31(46)12-2/h13-14,16,21-29,33-40,44,48-49H,11-12,15,17-20H2,1-10H3/b14-13+/t21-,22-,23?,24?,25+,26+,27-,28+,29-,33?,34?,35?,36?,37+,38-,39?,40?,41?/m1/s1. The Morgan fingerprint density at radius 3 is 2.21 bits per heavy atom. The molecule has 0 aromatic rings. The predicted molar refractivity (Wildman–Crippen MR) is 205 cm³/mol. The molecular weight excluding hydrogens is 762 g/mol. The Morgan fingerprint density at radius 2 is 1.60 bits per heavy atom. The maximum absolute atomic E-state index is 13.4. The molecule has 58 heavy (non-hydrogen) atoms. The Hall–Kier alpha value is -2.58. The first-order valence-corrected chi connectivity index (χ1v) is 20.6. The molecule has 18 atom stereocenters. The van der Waals surface area contributed by atoms with Gasteiger partial charge in [-0.2, -0.15) is 0 Å². The summed E-state index contributed by atoms with van der Waals surface area (Å²) in [6, 6.07) is -0.783. The molecule has 0 aromatic heterocycles. The van der Waals surface area contributed by atoms with E-state index in [1.807, 2.05) is 6.92 Å². The Morgan fingerprint density at radius 1 is 0.931 bits per heavy atom. The third-order valence-corrected chi connectivity index (χ3v) is 11.5. The smallest absolute Gasteiger partial charge is 0.309 e. The highest BCUT2D eigenvalue weighted by Gasteiger charge is 2.53. The lowest BCUT2D eigenvalue weighted by Gasteiger charge is -2.50. The minimum Gasteiger partial charge on any atom is -0.462 e. The average molecular weight is 830 g/mol. The van der Waals surface area contributed by atoms with Crippen LogP contribution >= 0.6 is 0 Å². The van der Waals surface area contributed by atoms with Gasteiger partial charge in [0.25, 0.3) is 0 Å². The topological polar surface area (TPSA) is 219 Å². The van der Waals surface area contributed by atoms with E-state index in [-0.39, 0.29) is 44.3 Å². The third-order valence-electron chi connectivity index (χ3n) is 11.5. The number of esters is 3. The van der Waals surface area contributed by atoms with Crippen LogP contribution in [0.15, 0.2) is 12.2 Å². The van der Waals surface area contributed by atoms with Crippen molar-refractivity contribution in [1.29, 1.82) is 0 Å². The SMILES string of the molecule is CCC(=O)OC1C(C)OC(OC2C(C)OC(O[C@H]3[C@@H](CC=O)C[C@@H](C)[C@@H](O)/C=C/[C@H]4O[C@H]4C[C@@H](C)OC(=O)C[C@@H](OC(=O)CC)[C@H]3OC)C(O)C2N(C)C)CC1(C)O. The average Bonchev–Trinajstić information content (AvgIpc) is 3.89. The van der Waals surface area contributed by atoms with E-state index in [0.717, 1.165) is 0 Å². The van der Waals surface area contributed by atoms with E-state index >= 15 is 0 Å². The number of methoxy groups -OCH3 is 1. The van der Waals surface area contributed by atoms with Crippen LogP contribution < -0.4 is 0 Å². The van der Waals surface area contributed by atoms with Gasteiger partial charge in [0.05, 0.1) is 43.0 Å². The maximum Gasteiger partial charge on any atom is 0.309 e. The summed E-state index contributed by atoms with van der Waals surface area (Å²) in [5, 5.41) is 34.6. The van der Waals surface area contributed by atoms with Crippen LogP contribution in [0.2, 0.25) is 0 Å². The molecule has 3 fully saturated rings. The predicted octanol–water partition coefficient (Wildman–Crippen LogP) is 1.98. The van der Waals surface area contributed by atoms with Crippen molar-refractivity contribution in [3.05, 3.63) is 12.2 Å². The van der Waals surface area contributed by atoms with Crippen LogP contribution in [-0.4, -0.2) is 163 Å². The van der Waals surface area contributed by atoms with E-state index in [2.05, 4.69) is 0 Å². The molecule has 4 aliphatic rings. The van der Waals surface area contributed by atoms with Crippen molar-refractivity contribution in [1.82, 2.24) is 4.90 Å². The second kappa shape index (κ2) is 21.3. The number of hydrogen-bond acceptors (Lipinski definition) is 17. The van der Waals surface area contributed by atoms with Gasteiger partial charge in [0.2, 0.25) is 0 Å². The molecule has 3 saturated heterocycles. The molecule has 0 radical (unpaired) electrons. The summed E-state index contributed by atoms with van der Waals surface area (Å²) in [4.78, 5) is 52.5. The zero-order valence-corrected chi connectivity index (χ0v) is 35.6. The Labute approximate surface area is 341 Å². The number of hydrogen-bond donors (Lipinski definition) is 3. The van der Waals surface area contributed by atoms with Crippen molar-refractivity contribution >= 4 is 24.2 Å². The van der Waals surface area contributed by atoms with Crippen LogP contribution in [0.4, 0.5) is 0 Å². The molecule has 0 spiro atoms. The van der Waals surface area contributed by atoms with E-state index in [0.29, 0.717) is 12.7 Å². The number of rotatable bonds is 12. The number of carbonyl (C=O) groups is 4. The zero-order valence-electron chi connectivity index (χ0n) is 35.6. The van der Waals surface area contributed by atoms with Crippen molar-refractivity contribution in [3.63, 3.8) is 0 Å². The zero-order chi connectivity index (χ0) is 43.1. The van der Waals surface area contributed by atoms with Gasteiger partial charge in [-0.25, -0.2) is 0 Å². The van der Waals surface area contributed by atoms with Gasteiger partial charge in [-0.1, -0.05) is 32.9 Å². The molecule has 4 aliphatic heterocycles. The van der Waals surface area contributed by atoms with E-state index in [1.165, 1.54) is 7.11 Å². The monoisotopic (exact) mass is 829 g/mol. The molecule has 0 aromatic carbocycles. The molecule has 17 nitrogen and oxygen atoms in total. The van der Waals surface area contributed by atoms with E-state index in [4.69, 9.17) is 42.6 Å². The number of nitrogens with zero attached hydrogens (tertiary/aromatic N) is 1. The van der Waals surface area contributed by atoms with Gasteiger partial charge in [-0.05, 0) is 60.0 Å². The summed E-state index contributed by atoms with van der Waals surface area (Å²) < 4.78 is 54.4. The van der Waals surface area contributed by atoms with Crippen LogP contribution in [0.25, 0.3) is 0 Å². The number of cyclic esters (lactones) is 1. The van der Waals surface area contributed by atoms with E-state index < -0.39 is 121 Å². The lowest BCUT2D eigenvalue weighted by molar-refractivity contribution is -0.344. The lowest BCUT2D eigenvalue weighted by Crippen LogP contribution is -2.66. The fourth-order valence-electron chi connectivity index (χ4n) is 8.36. The van der Waals surface area contributed by atoms with Crippen LogP contribution in [0, 0.1) is 11.8 Å². The normalized spacial score (nSPS) is 43.4. The molecule has 0 saturated carbocycles. The highest BCUT2D eigenvalue weighted by Crippen LogP contribution is 2.38. The summed E-state index contributed by atoms with van der Waals surface area (Å²) in [5.41, 5.74) is -1.49. The summed E-state index contributed by atoms with van der Waals surface area (Å²) in [7, 11) is 4.86. The second-order valence-electron chi connectivity index (χ2n) is 16.7. The van der Waals surface area contributed by atoms with Crippen molar-refractivity contribution in [2.24, 2.45) is 11.8 Å². The van der Waals surface area contributed by atoms with Crippen LogP contribution in [-0.2, 0) is 61.8 Å². The molecule has 4 heterocycles. The van der Waals surface area contributed by atoms with Crippen LogP contribution in [0.1, 0.15) is 93.4 Å². The second-order valence-corrected chi connectivity index (χ2v) is 16.7. The number of epoxide rings is 1. The molecule has 4 rings (SSSR count). The summed E-state index contributed by atoms with van der Waals surface area (Å²) in [6.07, 6.45) is -8.08. The van der Waals surface area contributed by atoms with Gasteiger partial charge < -0.3 is 67.6 Å². The summed E-state index contributed by atoms with van der Waals surface area (Å²) in [5.74, 6) is -2.86. The molecule has 0 aliphatic carbocycles. The van der Waals surface area contributed by atoms with Gasteiger partial charge in [-0.15, -0.1) is 0 Å². The van der Waals surface area contributed by atoms with Crippen LogP contribution in [0.5, 0.6) is 0 Å². The minimum absolute atomic E-state index is 0.00499. The largest absolute Gasteiger partial charge is 0.462 e. The number of aliphatic hydroxyl groups is 3. The van der Waals surface area contributed by atoms with Gasteiger partial charge in [0, 0.05) is 39.2 Å². The molecule has 0 amide bonds. The number of fused-ring (bicyclic) bond motifs is 1. The Bertz CT molecular complexity index is 1390. The highest BCUT2D eigenvalue weighted by atomic mass is 16.7. The number of ether oxygens (including phenoxy) is 9. The quantitative estimate of drug-likeness (QED) is 0.0842. The third kappa shape index (κ3) is 12.5. The van der Waals surface area contributed by atoms with Gasteiger partial charge >= 0.3 is 17.9 Å². The summed E-state index contributed by atoms with van der Waals surface area (Å²) in [6.45, 7) is 11.8. The van der Waals surface area contributed by atoms with Crippen molar-refractivity contribution in [2.75, 3.05) is 21.2 Å². The lowest BCUT2D eigenvalue weighted by atomic mass is 9.82. The van der Waals surface area contributed by atoms with Crippen molar-refractivity contribution in [2.45, 2.75) is 191 Å². The fourth-order valence-corrected chi connectivity index (χ4v) is 8.36. The molecule has 332 valence electrons. The van der Waals surface area contributed by atoms with E-state index in [9.17, 15) is 34.5 Å². The molecular formula is C41H67NO16. The first-order chi connectivity index (χ1) is 27.3. The number of aliphatic hydroxyl groups excluding tert-OH is 2. The number of carbonyl (C=O) groups excluding carboxylic acids is 4. The van der Waals surface area contributed by atoms with Crippen LogP contribution in [0.3, 0.4) is 0 Å². The molecule has 17 heteroatoms. The number of aldehydes is 1. The Balaban J connectivity index is 1.67. The molecule has 9 unspecified atom stereocenters. The maximum atomic E-state index is 13.4. The van der Waals surface area contributed by atoms with Crippen molar-refractivity contribution < 1.29 is 77.1 Å². The minimum atomic E-state index is -1.49. The molecule has 3 N–H and O–H groups in total. The number of likely N-dealkylation sites (N-methyl/N-ethyl adjacent to an activating group) is 1. The highest BCUT2D eigenvalue weighted by molar-refractivity contribution is 5.72. The molecule has 0 bridgehead atoms.